The third kappa shape index (κ3) is 6.35. The summed E-state index contributed by atoms with van der Waals surface area (Å²) in [4.78, 5) is 34.9. The zero-order valence-corrected chi connectivity index (χ0v) is 17.0. The zero-order valence-electron chi connectivity index (χ0n) is 17.0. The van der Waals surface area contributed by atoms with Gasteiger partial charge in [-0.1, -0.05) is 6.07 Å². The van der Waals surface area contributed by atoms with Crippen molar-refractivity contribution in [1.82, 2.24) is 10.6 Å². The summed E-state index contributed by atoms with van der Waals surface area (Å²) >= 11 is 0. The number of aliphatic hydroxyl groups excluding tert-OH is 3. The number of carbonyl (C=O) groups excluding carboxylic acids is 2. The van der Waals surface area contributed by atoms with Gasteiger partial charge in [-0.15, -0.1) is 0 Å². The number of rotatable bonds is 9. The van der Waals surface area contributed by atoms with Crippen molar-refractivity contribution < 1.29 is 49.0 Å². The van der Waals surface area contributed by atoms with Crippen LogP contribution < -0.4 is 15.4 Å². The van der Waals surface area contributed by atoms with Gasteiger partial charge >= 0.3 is 11.9 Å². The molecule has 1 amide bonds. The number of aliphatic hydroxyl groups is 3. The van der Waals surface area contributed by atoms with Gasteiger partial charge in [-0.25, -0.2) is 4.79 Å². The van der Waals surface area contributed by atoms with Crippen LogP contribution in [0.15, 0.2) is 18.2 Å². The number of carbonyl (C=O) groups is 3. The average Bonchev–Trinajstić information content (AvgIpc) is 2.72. The molecule has 172 valence electrons. The molecule has 2 rings (SSSR count). The van der Waals surface area contributed by atoms with Gasteiger partial charge in [0.15, 0.2) is 6.10 Å². The first-order valence-corrected chi connectivity index (χ1v) is 9.44. The Morgan fingerprint density at radius 2 is 1.81 bits per heavy atom. The molecule has 1 aliphatic heterocycles. The van der Waals surface area contributed by atoms with Crippen molar-refractivity contribution in [2.45, 2.75) is 44.2 Å². The Bertz CT molecular complexity index is 802. The predicted molar refractivity (Wildman–Crippen MR) is 103 cm³/mol. The zero-order chi connectivity index (χ0) is 23.1. The van der Waals surface area contributed by atoms with Crippen LogP contribution in [0, 0.1) is 0 Å². The van der Waals surface area contributed by atoms with Gasteiger partial charge in [0.1, 0.15) is 30.7 Å². The van der Waals surface area contributed by atoms with Crippen LogP contribution in [0.2, 0.25) is 0 Å². The molecule has 0 saturated carbocycles. The summed E-state index contributed by atoms with van der Waals surface area (Å²) in [7, 11) is 1.71. The molecule has 1 saturated heterocycles. The van der Waals surface area contributed by atoms with Gasteiger partial charge in [0.25, 0.3) is 5.91 Å². The summed E-state index contributed by atoms with van der Waals surface area (Å²) in [5.41, 5.74) is 0.481. The van der Waals surface area contributed by atoms with E-state index in [2.05, 4.69) is 10.6 Å². The highest BCUT2D eigenvalue weighted by molar-refractivity contribution is 5.97. The van der Waals surface area contributed by atoms with Crippen molar-refractivity contribution in [1.29, 1.82) is 0 Å². The molecule has 0 unspecified atom stereocenters. The van der Waals surface area contributed by atoms with Gasteiger partial charge in [-0.05, 0) is 24.7 Å². The number of aliphatic carboxylic acids is 1. The lowest BCUT2D eigenvalue weighted by Crippen LogP contribution is -2.61. The first kappa shape index (κ1) is 24.5. The molecule has 0 radical (unpaired) electrons. The molecule has 1 aromatic rings. The number of nitrogens with one attached hydrogen (secondary N) is 2. The third-order valence-corrected chi connectivity index (χ3v) is 4.45. The molecule has 1 heterocycles. The van der Waals surface area contributed by atoms with Gasteiger partial charge in [-0.3, -0.25) is 9.59 Å². The van der Waals surface area contributed by atoms with Crippen molar-refractivity contribution in [2.75, 3.05) is 20.1 Å². The van der Waals surface area contributed by atoms with E-state index in [1.165, 1.54) is 25.1 Å². The quantitative estimate of drug-likeness (QED) is 0.183. The van der Waals surface area contributed by atoms with Gasteiger partial charge in [-0.2, -0.15) is 0 Å². The summed E-state index contributed by atoms with van der Waals surface area (Å²) in [6, 6.07) is 4.26. The maximum Gasteiger partial charge on any atom is 0.335 e. The van der Waals surface area contributed by atoms with Crippen LogP contribution in [0.3, 0.4) is 0 Å². The Kier molecular flexibility index (Phi) is 8.71. The van der Waals surface area contributed by atoms with E-state index in [1.807, 2.05) is 0 Å². The molecule has 1 aromatic carbocycles. The third-order valence-electron chi connectivity index (χ3n) is 4.45. The van der Waals surface area contributed by atoms with Crippen LogP contribution in [-0.4, -0.2) is 89.1 Å². The number of carboxylic acids is 1. The molecule has 5 atom stereocenters. The van der Waals surface area contributed by atoms with Gasteiger partial charge in [0.2, 0.25) is 6.29 Å². The largest absolute Gasteiger partial charge is 0.479 e. The van der Waals surface area contributed by atoms with Crippen LogP contribution in [0.5, 0.6) is 5.75 Å². The highest BCUT2D eigenvalue weighted by Crippen LogP contribution is 2.28. The minimum atomic E-state index is -1.87. The highest BCUT2D eigenvalue weighted by atomic mass is 16.7. The van der Waals surface area contributed by atoms with Crippen molar-refractivity contribution in [3.05, 3.63) is 29.3 Å². The molecular formula is C19H26N2O10. The van der Waals surface area contributed by atoms with E-state index in [4.69, 9.17) is 19.3 Å². The van der Waals surface area contributed by atoms with Gasteiger partial charge in [0, 0.05) is 20.0 Å². The summed E-state index contributed by atoms with van der Waals surface area (Å²) in [5, 5.41) is 44.5. The number of benzene rings is 1. The number of hydrogen-bond donors (Lipinski definition) is 6. The maximum atomic E-state index is 12.6. The summed E-state index contributed by atoms with van der Waals surface area (Å²) < 4.78 is 15.5. The average molecular weight is 442 g/mol. The molecule has 0 aromatic heterocycles. The number of likely N-dealkylation sites (N-methyl/N-ethyl adjacent to an activating group) is 1. The standard InChI is InChI=1S/C19H26N2O10/c1-9(22)29-8-10-3-4-12(11(7-10)17(26)21-6-5-20-2)30-19-15(25)13(23)14(24)16(31-19)18(27)28/h3-4,7,13-16,19-20,23-25H,5-6,8H2,1-2H3,(H,21,26)(H,27,28)/t13-,14-,15+,16-,19+/m0/s1. The van der Waals surface area contributed by atoms with Crippen molar-refractivity contribution >= 4 is 17.8 Å². The van der Waals surface area contributed by atoms with E-state index in [-0.39, 0.29) is 24.5 Å². The van der Waals surface area contributed by atoms with Crippen LogP contribution in [0.25, 0.3) is 0 Å². The van der Waals surface area contributed by atoms with Crippen LogP contribution in [0.4, 0.5) is 0 Å². The molecule has 0 bridgehead atoms. The normalized spacial score (nSPS) is 25.5. The minimum absolute atomic E-state index is 0.00374. The Labute approximate surface area is 177 Å². The molecule has 0 aliphatic carbocycles. The monoisotopic (exact) mass is 442 g/mol. The van der Waals surface area contributed by atoms with Crippen LogP contribution >= 0.6 is 0 Å². The molecule has 1 fully saturated rings. The fraction of sp³-hybridized carbons (Fsp3) is 0.526. The molecule has 6 N–H and O–H groups in total. The molecule has 31 heavy (non-hydrogen) atoms. The second kappa shape index (κ2) is 11.0. The SMILES string of the molecule is CNCCNC(=O)c1cc(COC(C)=O)ccc1O[C@@H]1O[C@H](C(=O)O)[C@@H](O)[C@H](O)[C@H]1O. The van der Waals surface area contributed by atoms with E-state index in [9.17, 15) is 29.7 Å². The first-order valence-electron chi connectivity index (χ1n) is 9.44. The first-order chi connectivity index (χ1) is 14.6. The van der Waals surface area contributed by atoms with Crippen molar-refractivity contribution in [3.63, 3.8) is 0 Å². The molecule has 12 nitrogen and oxygen atoms in total. The number of ether oxygens (including phenoxy) is 3. The van der Waals surface area contributed by atoms with Crippen molar-refractivity contribution in [2.24, 2.45) is 0 Å². The molecular weight excluding hydrogens is 416 g/mol. The Morgan fingerprint density at radius 3 is 2.42 bits per heavy atom. The Hall–Kier alpha value is -2.77. The topological polar surface area (TPSA) is 184 Å². The minimum Gasteiger partial charge on any atom is -0.479 e. The van der Waals surface area contributed by atoms with Crippen molar-refractivity contribution in [3.8, 4) is 5.75 Å². The van der Waals surface area contributed by atoms with E-state index < -0.39 is 48.6 Å². The predicted octanol–water partition coefficient (Wildman–Crippen LogP) is -2.03. The van der Waals surface area contributed by atoms with E-state index in [0.717, 1.165) is 0 Å². The van der Waals surface area contributed by atoms with E-state index >= 15 is 0 Å². The molecule has 1 aliphatic rings. The number of amides is 1. The Balaban J connectivity index is 2.29. The Morgan fingerprint density at radius 1 is 1.10 bits per heavy atom. The maximum absolute atomic E-state index is 12.6. The lowest BCUT2D eigenvalue weighted by molar-refractivity contribution is -0.271. The van der Waals surface area contributed by atoms with E-state index in [1.54, 1.807) is 7.05 Å². The lowest BCUT2D eigenvalue weighted by Gasteiger charge is -2.38. The second-order valence-electron chi connectivity index (χ2n) is 6.82. The fourth-order valence-corrected chi connectivity index (χ4v) is 2.80. The lowest BCUT2D eigenvalue weighted by atomic mass is 9.99. The summed E-state index contributed by atoms with van der Waals surface area (Å²) in [5.74, 6) is -2.69. The summed E-state index contributed by atoms with van der Waals surface area (Å²) in [6.45, 7) is 1.92. The number of hydrogen-bond acceptors (Lipinski definition) is 10. The van der Waals surface area contributed by atoms with Crippen LogP contribution in [-0.2, 0) is 25.7 Å². The number of esters is 1. The summed E-state index contributed by atoms with van der Waals surface area (Å²) in [6.07, 6.45) is -9.03. The van der Waals surface area contributed by atoms with E-state index in [0.29, 0.717) is 12.1 Å². The van der Waals surface area contributed by atoms with Gasteiger partial charge in [0.05, 0.1) is 5.56 Å². The van der Waals surface area contributed by atoms with Crippen LogP contribution in [0.1, 0.15) is 22.8 Å². The molecule has 12 heteroatoms. The number of carboxylic acid groups (broad SMARTS) is 1. The highest BCUT2D eigenvalue weighted by Gasteiger charge is 2.48. The second-order valence-corrected chi connectivity index (χ2v) is 6.82. The smallest absolute Gasteiger partial charge is 0.335 e. The van der Waals surface area contributed by atoms with Gasteiger partial charge < -0.3 is 45.3 Å². The molecule has 0 spiro atoms. The fourth-order valence-electron chi connectivity index (χ4n) is 2.80.